The molecule has 0 radical (unpaired) electrons. The van der Waals surface area contributed by atoms with Crippen molar-refractivity contribution in [2.45, 2.75) is 32.1 Å². The van der Waals surface area contributed by atoms with Crippen LogP contribution in [0, 0.1) is 12.3 Å². The predicted octanol–water partition coefficient (Wildman–Crippen LogP) is 3.75. The first kappa shape index (κ1) is 16.4. The third-order valence-electron chi connectivity index (χ3n) is 2.64. The number of hydrogen-bond donors (Lipinski definition) is 1. The molecule has 0 aliphatic rings. The molecule has 1 rings (SSSR count). The molecule has 0 fully saturated rings. The quantitative estimate of drug-likeness (QED) is 0.771. The molecule has 0 bridgehead atoms. The molecule has 0 aliphatic carbocycles. The molecule has 0 saturated carbocycles. The Balaban J connectivity index is 2.81. The highest BCUT2D eigenvalue weighted by Crippen LogP contribution is 2.30. The number of nitrogens with one attached hydrogen (secondary N) is 1. The van der Waals surface area contributed by atoms with Crippen molar-refractivity contribution in [2.24, 2.45) is 5.41 Å². The van der Waals surface area contributed by atoms with Gasteiger partial charge < -0.3 is 0 Å². The van der Waals surface area contributed by atoms with Crippen LogP contribution in [0.25, 0.3) is 0 Å². The van der Waals surface area contributed by atoms with Crippen LogP contribution >= 0.6 is 38.9 Å². The second kappa shape index (κ2) is 6.22. The van der Waals surface area contributed by atoms with Crippen LogP contribution in [0.3, 0.4) is 0 Å². The normalized spacial score (nSPS) is 12.9. The van der Waals surface area contributed by atoms with Gasteiger partial charge in [-0.1, -0.05) is 13.8 Å². The van der Waals surface area contributed by atoms with E-state index in [9.17, 15) is 8.42 Å². The van der Waals surface area contributed by atoms with Crippen LogP contribution in [-0.2, 0) is 10.0 Å². The summed E-state index contributed by atoms with van der Waals surface area (Å²) in [6.45, 7) is 6.17. The van der Waals surface area contributed by atoms with Gasteiger partial charge in [-0.15, -0.1) is 22.9 Å². The minimum absolute atomic E-state index is 0.143. The van der Waals surface area contributed by atoms with Crippen LogP contribution < -0.4 is 4.72 Å². The van der Waals surface area contributed by atoms with E-state index in [1.807, 2.05) is 13.8 Å². The highest BCUT2D eigenvalue weighted by Gasteiger charge is 2.24. The molecule has 7 heteroatoms. The Kier molecular flexibility index (Phi) is 5.68. The highest BCUT2D eigenvalue weighted by molar-refractivity contribution is 9.11. The van der Waals surface area contributed by atoms with E-state index in [2.05, 4.69) is 20.7 Å². The minimum atomic E-state index is -3.43. The summed E-state index contributed by atoms with van der Waals surface area (Å²) in [5, 5.41) is 0. The van der Waals surface area contributed by atoms with Gasteiger partial charge in [-0.3, -0.25) is 0 Å². The van der Waals surface area contributed by atoms with Crippen molar-refractivity contribution in [1.29, 1.82) is 0 Å². The molecular weight excluding hydrogens is 358 g/mol. The Morgan fingerprint density at radius 2 is 2.11 bits per heavy atom. The SMILES string of the molecule is Cc1sc(Br)cc1S(=O)(=O)NCC(C)(C)CCCl. The van der Waals surface area contributed by atoms with E-state index in [-0.39, 0.29) is 5.41 Å². The lowest BCUT2D eigenvalue weighted by atomic mass is 9.91. The minimum Gasteiger partial charge on any atom is -0.211 e. The van der Waals surface area contributed by atoms with Crippen molar-refractivity contribution in [3.63, 3.8) is 0 Å². The van der Waals surface area contributed by atoms with E-state index in [4.69, 9.17) is 11.6 Å². The molecule has 104 valence electrons. The monoisotopic (exact) mass is 373 g/mol. The fourth-order valence-corrected chi connectivity index (χ4v) is 5.58. The summed E-state index contributed by atoms with van der Waals surface area (Å²) in [5.74, 6) is 0.526. The lowest BCUT2D eigenvalue weighted by Gasteiger charge is -2.23. The summed E-state index contributed by atoms with van der Waals surface area (Å²) in [6, 6.07) is 1.64. The summed E-state index contributed by atoms with van der Waals surface area (Å²) in [7, 11) is -3.43. The molecule has 0 aliphatic heterocycles. The smallest absolute Gasteiger partial charge is 0.211 e. The van der Waals surface area contributed by atoms with Gasteiger partial charge in [-0.05, 0) is 40.8 Å². The first-order valence-corrected chi connectivity index (χ1v) is 9.12. The number of aryl methyl sites for hydroxylation is 1. The Morgan fingerprint density at radius 3 is 2.56 bits per heavy atom. The second-order valence-electron chi connectivity index (χ2n) is 4.90. The van der Waals surface area contributed by atoms with Crippen LogP contribution in [0.4, 0.5) is 0 Å². The Bertz CT molecular complexity index is 511. The molecule has 0 atom stereocenters. The van der Waals surface area contributed by atoms with Gasteiger partial charge in [0, 0.05) is 17.3 Å². The first-order chi connectivity index (χ1) is 8.18. The zero-order valence-electron chi connectivity index (χ0n) is 10.6. The van der Waals surface area contributed by atoms with Gasteiger partial charge in [0.15, 0.2) is 0 Å². The van der Waals surface area contributed by atoms with Crippen molar-refractivity contribution in [3.8, 4) is 0 Å². The Labute approximate surface area is 126 Å². The average molecular weight is 375 g/mol. The number of hydrogen-bond acceptors (Lipinski definition) is 3. The van der Waals surface area contributed by atoms with Crippen molar-refractivity contribution < 1.29 is 8.42 Å². The van der Waals surface area contributed by atoms with Crippen LogP contribution in [0.15, 0.2) is 14.7 Å². The van der Waals surface area contributed by atoms with E-state index in [0.717, 1.165) is 15.1 Å². The third kappa shape index (κ3) is 4.49. The first-order valence-electron chi connectivity index (χ1n) is 5.49. The number of halogens is 2. The fraction of sp³-hybridized carbons (Fsp3) is 0.636. The molecule has 0 amide bonds. The van der Waals surface area contributed by atoms with Crippen molar-refractivity contribution in [3.05, 3.63) is 14.7 Å². The highest BCUT2D eigenvalue weighted by atomic mass is 79.9. The Morgan fingerprint density at radius 1 is 1.50 bits per heavy atom. The number of sulfonamides is 1. The molecule has 0 spiro atoms. The lowest BCUT2D eigenvalue weighted by Crippen LogP contribution is -2.34. The summed E-state index contributed by atoms with van der Waals surface area (Å²) in [4.78, 5) is 1.13. The molecule has 1 N–H and O–H groups in total. The Hall–Kier alpha value is 0.380. The molecule has 0 unspecified atom stereocenters. The number of rotatable bonds is 6. The van der Waals surface area contributed by atoms with Gasteiger partial charge in [0.1, 0.15) is 0 Å². The summed E-state index contributed by atoms with van der Waals surface area (Å²) in [5.41, 5.74) is -0.143. The average Bonchev–Trinajstić information content (AvgIpc) is 2.56. The van der Waals surface area contributed by atoms with Gasteiger partial charge in [0.2, 0.25) is 10.0 Å². The zero-order chi connectivity index (χ0) is 14.0. The maximum absolute atomic E-state index is 12.2. The fourth-order valence-electron chi connectivity index (χ4n) is 1.41. The molecule has 1 heterocycles. The summed E-state index contributed by atoms with van der Waals surface area (Å²) >= 11 is 10.4. The van der Waals surface area contributed by atoms with E-state index >= 15 is 0 Å². The van der Waals surface area contributed by atoms with Gasteiger partial charge in [-0.25, -0.2) is 13.1 Å². The number of thiophene rings is 1. The van der Waals surface area contributed by atoms with E-state index in [1.54, 1.807) is 13.0 Å². The van der Waals surface area contributed by atoms with Gasteiger partial charge in [0.05, 0.1) is 8.68 Å². The standard InChI is InChI=1S/C11H17BrClNO2S2/c1-8-9(6-10(12)17-8)18(15,16)14-7-11(2,3)4-5-13/h6,14H,4-5,7H2,1-3H3. The molecular formula is C11H17BrClNO2S2. The molecule has 18 heavy (non-hydrogen) atoms. The second-order valence-corrected chi connectivity index (χ2v) is 9.65. The van der Waals surface area contributed by atoms with Crippen LogP contribution in [-0.4, -0.2) is 20.8 Å². The van der Waals surface area contributed by atoms with Crippen LogP contribution in [0.2, 0.25) is 0 Å². The topological polar surface area (TPSA) is 46.2 Å². The van der Waals surface area contributed by atoms with Crippen LogP contribution in [0.1, 0.15) is 25.1 Å². The summed E-state index contributed by atoms with van der Waals surface area (Å²) < 4.78 is 27.8. The van der Waals surface area contributed by atoms with Gasteiger partial charge in [0.25, 0.3) is 0 Å². The third-order valence-corrected chi connectivity index (χ3v) is 6.04. The maximum Gasteiger partial charge on any atom is 0.241 e. The van der Waals surface area contributed by atoms with Crippen LogP contribution in [0.5, 0.6) is 0 Å². The molecule has 0 aromatic carbocycles. The van der Waals surface area contributed by atoms with Crippen molar-refractivity contribution in [1.82, 2.24) is 4.72 Å². The number of alkyl halides is 1. The molecule has 1 aromatic heterocycles. The molecule has 1 aromatic rings. The molecule has 0 saturated heterocycles. The largest absolute Gasteiger partial charge is 0.241 e. The van der Waals surface area contributed by atoms with E-state index < -0.39 is 10.0 Å². The van der Waals surface area contributed by atoms with Crippen molar-refractivity contribution in [2.75, 3.05) is 12.4 Å². The van der Waals surface area contributed by atoms with Crippen molar-refractivity contribution >= 4 is 48.9 Å². The summed E-state index contributed by atoms with van der Waals surface area (Å²) in [6.07, 6.45) is 0.767. The predicted molar refractivity (Wildman–Crippen MR) is 81.1 cm³/mol. The lowest BCUT2D eigenvalue weighted by molar-refractivity contribution is 0.352. The van der Waals surface area contributed by atoms with Gasteiger partial charge in [-0.2, -0.15) is 0 Å². The van der Waals surface area contributed by atoms with E-state index in [0.29, 0.717) is 17.3 Å². The molecule has 3 nitrogen and oxygen atoms in total. The maximum atomic E-state index is 12.2. The van der Waals surface area contributed by atoms with E-state index in [1.165, 1.54) is 11.3 Å². The zero-order valence-corrected chi connectivity index (χ0v) is 14.6. The van der Waals surface area contributed by atoms with Gasteiger partial charge >= 0.3 is 0 Å².